The van der Waals surface area contributed by atoms with Crippen LogP contribution in [0.25, 0.3) is 0 Å². The first kappa shape index (κ1) is 14.4. The molecule has 1 aromatic heterocycles. The van der Waals surface area contributed by atoms with Crippen LogP contribution in [-0.2, 0) is 4.79 Å². The Bertz CT molecular complexity index is 706. The molecule has 0 bridgehead atoms. The van der Waals surface area contributed by atoms with Gasteiger partial charge < -0.3 is 15.2 Å². The number of carbonyl (C=O) groups excluding carboxylic acids is 2. The van der Waals surface area contributed by atoms with Crippen LogP contribution >= 0.6 is 0 Å². The molecule has 122 valence electrons. The molecular weight excluding hydrogens is 296 g/mol. The minimum atomic E-state index is -0.330. The average Bonchev–Trinajstić information content (AvgIpc) is 3.43. The topological polar surface area (TPSA) is 95.2 Å². The summed E-state index contributed by atoms with van der Waals surface area (Å²) in [6.45, 7) is 1.25. The van der Waals surface area contributed by atoms with E-state index in [1.54, 1.807) is 0 Å². The summed E-state index contributed by atoms with van der Waals surface area (Å²) in [7, 11) is 0. The van der Waals surface area contributed by atoms with Crippen molar-refractivity contribution in [1.82, 2.24) is 20.2 Å². The van der Waals surface area contributed by atoms with E-state index in [2.05, 4.69) is 15.3 Å². The lowest BCUT2D eigenvalue weighted by molar-refractivity contribution is -0.131. The molecule has 0 unspecified atom stereocenters. The monoisotopic (exact) mass is 316 g/mol. The molecule has 2 heterocycles. The van der Waals surface area contributed by atoms with Crippen LogP contribution in [0.2, 0.25) is 0 Å². The van der Waals surface area contributed by atoms with Crippen LogP contribution in [0.3, 0.4) is 0 Å². The number of hydrogen-bond donors (Lipinski definition) is 2. The van der Waals surface area contributed by atoms with Crippen molar-refractivity contribution in [2.45, 2.75) is 44.1 Å². The highest BCUT2D eigenvalue weighted by Gasteiger charge is 2.37. The van der Waals surface area contributed by atoms with Crippen LogP contribution in [0.4, 0.5) is 0 Å². The molecule has 2 amide bonds. The molecule has 0 spiro atoms. The fourth-order valence-corrected chi connectivity index (χ4v) is 3.07. The molecule has 1 aliphatic heterocycles. The second kappa shape index (κ2) is 5.47. The largest absolute Gasteiger partial charge is 0.346 e. The highest BCUT2D eigenvalue weighted by Crippen LogP contribution is 2.37. The van der Waals surface area contributed by atoms with Gasteiger partial charge in [0, 0.05) is 37.0 Å². The van der Waals surface area contributed by atoms with Gasteiger partial charge in [-0.05, 0) is 32.1 Å². The number of likely N-dealkylation sites (tertiary alicyclic amines) is 1. The van der Waals surface area contributed by atoms with Crippen LogP contribution in [0.5, 0.6) is 0 Å². The standard InChI is InChI=1S/C16H20N4O3/c21-13-7-12(18-14(19-13)9-1-2-9)15(22)17-11-5-6-20(8-11)16(23)10-3-4-10/h7,9-11H,1-6,8H2,(H,17,22)(H,18,19,21)/t11-/m1/s1. The predicted octanol–water partition coefficient (Wildman–Crippen LogP) is 0.388. The summed E-state index contributed by atoms with van der Waals surface area (Å²) in [5, 5.41) is 2.91. The summed E-state index contributed by atoms with van der Waals surface area (Å²) in [6, 6.07) is 1.18. The number of hydrogen-bond acceptors (Lipinski definition) is 4. The summed E-state index contributed by atoms with van der Waals surface area (Å²) < 4.78 is 0. The van der Waals surface area contributed by atoms with E-state index in [-0.39, 0.29) is 40.9 Å². The number of rotatable bonds is 4. The van der Waals surface area contributed by atoms with Gasteiger partial charge in [-0.3, -0.25) is 14.4 Å². The first-order chi connectivity index (χ1) is 11.1. The molecule has 1 aromatic rings. The van der Waals surface area contributed by atoms with E-state index < -0.39 is 0 Å². The number of nitrogens with one attached hydrogen (secondary N) is 2. The van der Waals surface area contributed by atoms with Gasteiger partial charge in [-0.15, -0.1) is 0 Å². The van der Waals surface area contributed by atoms with Crippen LogP contribution in [0.1, 0.15) is 54.3 Å². The molecule has 0 radical (unpaired) electrons. The predicted molar refractivity (Wildman–Crippen MR) is 82.0 cm³/mol. The van der Waals surface area contributed by atoms with Gasteiger partial charge in [-0.25, -0.2) is 4.98 Å². The second-order valence-corrected chi connectivity index (χ2v) is 6.81. The molecule has 1 saturated heterocycles. The maximum absolute atomic E-state index is 12.3. The molecular formula is C16H20N4O3. The van der Waals surface area contributed by atoms with Gasteiger partial charge >= 0.3 is 0 Å². The summed E-state index contributed by atoms with van der Waals surface area (Å²) >= 11 is 0. The highest BCUT2D eigenvalue weighted by atomic mass is 16.2. The average molecular weight is 316 g/mol. The van der Waals surface area contributed by atoms with Crippen LogP contribution < -0.4 is 10.9 Å². The van der Waals surface area contributed by atoms with Crippen molar-refractivity contribution < 1.29 is 9.59 Å². The lowest BCUT2D eigenvalue weighted by Crippen LogP contribution is -2.39. The Morgan fingerprint density at radius 1 is 1.22 bits per heavy atom. The number of H-pyrrole nitrogens is 1. The number of carbonyl (C=O) groups is 2. The van der Waals surface area contributed by atoms with E-state index in [4.69, 9.17) is 0 Å². The normalized spacial score (nSPS) is 23.8. The Labute approximate surface area is 133 Å². The Morgan fingerprint density at radius 3 is 2.70 bits per heavy atom. The zero-order valence-corrected chi connectivity index (χ0v) is 12.9. The van der Waals surface area contributed by atoms with Crippen molar-refractivity contribution in [3.8, 4) is 0 Å². The maximum atomic E-state index is 12.3. The van der Waals surface area contributed by atoms with Gasteiger partial charge in [0.15, 0.2) is 0 Å². The van der Waals surface area contributed by atoms with Crippen molar-refractivity contribution in [3.05, 3.63) is 27.9 Å². The lowest BCUT2D eigenvalue weighted by atomic mass is 10.2. The van der Waals surface area contributed by atoms with Crippen LogP contribution in [0.15, 0.2) is 10.9 Å². The van der Waals surface area contributed by atoms with Gasteiger partial charge in [0.25, 0.3) is 11.5 Å². The van der Waals surface area contributed by atoms with Crippen molar-refractivity contribution in [3.63, 3.8) is 0 Å². The summed E-state index contributed by atoms with van der Waals surface area (Å²) in [5.74, 6) is 0.990. The van der Waals surface area contributed by atoms with Crippen molar-refractivity contribution in [2.24, 2.45) is 5.92 Å². The molecule has 2 aliphatic carbocycles. The fraction of sp³-hybridized carbons (Fsp3) is 0.625. The van der Waals surface area contributed by atoms with E-state index in [1.165, 1.54) is 6.07 Å². The summed E-state index contributed by atoms with van der Waals surface area (Å²) in [5.41, 5.74) is -0.119. The molecule has 3 aliphatic rings. The molecule has 2 saturated carbocycles. The number of amides is 2. The lowest BCUT2D eigenvalue weighted by Gasteiger charge is -2.16. The maximum Gasteiger partial charge on any atom is 0.270 e. The van der Waals surface area contributed by atoms with E-state index in [0.717, 1.165) is 32.1 Å². The third kappa shape index (κ3) is 3.13. The van der Waals surface area contributed by atoms with Gasteiger partial charge in [0.2, 0.25) is 5.91 Å². The molecule has 2 N–H and O–H groups in total. The van der Waals surface area contributed by atoms with Crippen molar-refractivity contribution >= 4 is 11.8 Å². The number of nitrogens with zero attached hydrogens (tertiary/aromatic N) is 2. The van der Waals surface area contributed by atoms with Gasteiger partial charge in [-0.1, -0.05) is 0 Å². The minimum absolute atomic E-state index is 0.0596. The summed E-state index contributed by atoms with van der Waals surface area (Å²) in [6.07, 6.45) is 4.76. The number of aromatic nitrogens is 2. The Morgan fingerprint density at radius 2 is 2.00 bits per heavy atom. The summed E-state index contributed by atoms with van der Waals surface area (Å²) in [4.78, 5) is 44.9. The molecule has 7 nitrogen and oxygen atoms in total. The van der Waals surface area contributed by atoms with Crippen molar-refractivity contribution in [2.75, 3.05) is 13.1 Å². The minimum Gasteiger partial charge on any atom is -0.346 e. The second-order valence-electron chi connectivity index (χ2n) is 6.81. The third-order valence-corrected chi connectivity index (χ3v) is 4.72. The zero-order chi connectivity index (χ0) is 16.0. The van der Waals surface area contributed by atoms with E-state index in [1.807, 2.05) is 4.90 Å². The Kier molecular flexibility index (Phi) is 3.43. The molecule has 0 aromatic carbocycles. The Balaban J connectivity index is 1.40. The highest BCUT2D eigenvalue weighted by molar-refractivity contribution is 5.92. The molecule has 4 rings (SSSR count). The van der Waals surface area contributed by atoms with E-state index in [0.29, 0.717) is 18.9 Å². The van der Waals surface area contributed by atoms with E-state index >= 15 is 0 Å². The fourth-order valence-electron chi connectivity index (χ4n) is 3.07. The van der Waals surface area contributed by atoms with Gasteiger partial charge in [0.05, 0.1) is 0 Å². The first-order valence-corrected chi connectivity index (χ1v) is 8.31. The van der Waals surface area contributed by atoms with Gasteiger partial charge in [0.1, 0.15) is 11.5 Å². The molecule has 23 heavy (non-hydrogen) atoms. The van der Waals surface area contributed by atoms with Gasteiger partial charge in [-0.2, -0.15) is 0 Å². The first-order valence-electron chi connectivity index (χ1n) is 8.31. The quantitative estimate of drug-likeness (QED) is 0.840. The Hall–Kier alpha value is -2.18. The smallest absolute Gasteiger partial charge is 0.270 e. The van der Waals surface area contributed by atoms with Crippen LogP contribution in [-0.4, -0.2) is 45.8 Å². The zero-order valence-electron chi connectivity index (χ0n) is 12.9. The molecule has 3 fully saturated rings. The van der Waals surface area contributed by atoms with Crippen molar-refractivity contribution in [1.29, 1.82) is 0 Å². The molecule has 7 heteroatoms. The number of aromatic amines is 1. The van der Waals surface area contributed by atoms with Crippen LogP contribution in [0, 0.1) is 5.92 Å². The van der Waals surface area contributed by atoms with E-state index in [9.17, 15) is 14.4 Å². The SMILES string of the molecule is O=C(N[C@@H]1CCN(C(=O)C2CC2)C1)c1cc(=O)[nH]c(C2CC2)n1. The molecule has 1 atom stereocenters. The third-order valence-electron chi connectivity index (χ3n) is 4.72.